The Balaban J connectivity index is 2.47. The van der Waals surface area contributed by atoms with Crippen molar-refractivity contribution in [1.82, 2.24) is 9.62 Å². The van der Waals surface area contributed by atoms with E-state index in [1.165, 1.54) is 4.31 Å². The molecule has 1 aliphatic heterocycles. The van der Waals surface area contributed by atoms with Gasteiger partial charge in [0.1, 0.15) is 16.5 Å². The predicted molar refractivity (Wildman–Crippen MR) is 67.2 cm³/mol. The zero-order valence-electron chi connectivity index (χ0n) is 10.8. The molecule has 1 aromatic carbocycles. The molecule has 0 atom stereocenters. The summed E-state index contributed by atoms with van der Waals surface area (Å²) in [5.41, 5.74) is -0.655. The van der Waals surface area contributed by atoms with Crippen LogP contribution in [0.1, 0.15) is 13.8 Å². The first-order chi connectivity index (χ1) is 8.75. The largest absolute Gasteiger partial charge is 0.314 e. The van der Waals surface area contributed by atoms with Gasteiger partial charge in [-0.3, -0.25) is 0 Å². The summed E-state index contributed by atoms with van der Waals surface area (Å²) in [7, 11) is -3.97. The van der Waals surface area contributed by atoms with E-state index in [0.29, 0.717) is 19.2 Å². The highest BCUT2D eigenvalue weighted by molar-refractivity contribution is 7.89. The molecule has 1 aliphatic rings. The summed E-state index contributed by atoms with van der Waals surface area (Å²) in [4.78, 5) is -0.483. The summed E-state index contributed by atoms with van der Waals surface area (Å²) >= 11 is 0. The molecule has 0 unspecified atom stereocenters. The van der Waals surface area contributed by atoms with E-state index in [-0.39, 0.29) is 6.54 Å². The summed E-state index contributed by atoms with van der Waals surface area (Å²) in [6.07, 6.45) is 0. The van der Waals surface area contributed by atoms with Crippen LogP contribution in [-0.2, 0) is 10.0 Å². The third kappa shape index (κ3) is 2.63. The molecule has 0 saturated carbocycles. The van der Waals surface area contributed by atoms with Gasteiger partial charge in [0, 0.05) is 31.2 Å². The van der Waals surface area contributed by atoms with Crippen LogP contribution in [0.4, 0.5) is 8.78 Å². The number of piperazine rings is 1. The van der Waals surface area contributed by atoms with Gasteiger partial charge in [-0.15, -0.1) is 0 Å². The molecular weight excluding hydrogens is 274 g/mol. The molecule has 0 aromatic heterocycles. The summed E-state index contributed by atoms with van der Waals surface area (Å²) in [5.74, 6) is -1.86. The first-order valence-electron chi connectivity index (χ1n) is 5.94. The van der Waals surface area contributed by atoms with E-state index in [1.54, 1.807) is 13.8 Å². The molecule has 1 aromatic rings. The Morgan fingerprint density at radius 1 is 1.32 bits per heavy atom. The third-order valence-corrected chi connectivity index (χ3v) is 5.33. The number of hydrogen-bond acceptors (Lipinski definition) is 3. The number of sulfonamides is 1. The third-order valence-electron chi connectivity index (χ3n) is 3.19. The molecule has 1 heterocycles. The Bertz CT molecular complexity index is 587. The van der Waals surface area contributed by atoms with Crippen LogP contribution in [-0.4, -0.2) is 37.9 Å². The van der Waals surface area contributed by atoms with Crippen molar-refractivity contribution < 1.29 is 17.2 Å². The lowest BCUT2D eigenvalue weighted by Gasteiger charge is -2.41. The number of nitrogens with one attached hydrogen (secondary N) is 1. The van der Waals surface area contributed by atoms with Gasteiger partial charge in [0.15, 0.2) is 0 Å². The van der Waals surface area contributed by atoms with Crippen molar-refractivity contribution in [2.45, 2.75) is 24.3 Å². The van der Waals surface area contributed by atoms with E-state index < -0.39 is 32.1 Å². The average molecular weight is 290 g/mol. The first kappa shape index (κ1) is 14.4. The van der Waals surface area contributed by atoms with Crippen LogP contribution in [0.3, 0.4) is 0 Å². The van der Waals surface area contributed by atoms with Crippen molar-refractivity contribution in [2.24, 2.45) is 0 Å². The lowest BCUT2D eigenvalue weighted by molar-refractivity contribution is 0.185. The molecule has 2 rings (SSSR count). The topological polar surface area (TPSA) is 49.4 Å². The maximum atomic E-state index is 13.7. The van der Waals surface area contributed by atoms with E-state index in [9.17, 15) is 17.2 Å². The van der Waals surface area contributed by atoms with Crippen molar-refractivity contribution in [1.29, 1.82) is 0 Å². The Morgan fingerprint density at radius 2 is 2.00 bits per heavy atom. The van der Waals surface area contributed by atoms with E-state index in [0.717, 1.165) is 12.1 Å². The van der Waals surface area contributed by atoms with Crippen molar-refractivity contribution in [3.8, 4) is 0 Å². The number of rotatable bonds is 2. The monoisotopic (exact) mass is 290 g/mol. The average Bonchev–Trinajstić information content (AvgIpc) is 2.27. The molecule has 0 aliphatic carbocycles. The minimum absolute atomic E-state index is 0.256. The van der Waals surface area contributed by atoms with Crippen LogP contribution >= 0.6 is 0 Å². The zero-order chi connectivity index (χ0) is 14.3. The fraction of sp³-hybridized carbons (Fsp3) is 0.500. The van der Waals surface area contributed by atoms with Gasteiger partial charge in [0.05, 0.1) is 0 Å². The van der Waals surface area contributed by atoms with Crippen LogP contribution in [0.2, 0.25) is 0 Å². The Hall–Kier alpha value is -1.05. The van der Waals surface area contributed by atoms with Gasteiger partial charge in [0.2, 0.25) is 10.0 Å². The van der Waals surface area contributed by atoms with Gasteiger partial charge in [-0.2, -0.15) is 4.31 Å². The van der Waals surface area contributed by atoms with Gasteiger partial charge in [-0.05, 0) is 26.0 Å². The van der Waals surface area contributed by atoms with Gasteiger partial charge < -0.3 is 5.32 Å². The zero-order valence-corrected chi connectivity index (χ0v) is 11.6. The second-order valence-corrected chi connectivity index (χ2v) is 6.97. The molecule has 19 heavy (non-hydrogen) atoms. The summed E-state index contributed by atoms with van der Waals surface area (Å²) in [6.45, 7) is 4.77. The lowest BCUT2D eigenvalue weighted by atomic mass is 10.0. The SMILES string of the molecule is CC1(C)CNCCN1S(=O)(=O)c1ccc(F)cc1F. The number of benzene rings is 1. The quantitative estimate of drug-likeness (QED) is 0.894. The van der Waals surface area contributed by atoms with Crippen LogP contribution in [0, 0.1) is 11.6 Å². The molecular formula is C12H16F2N2O2S. The molecule has 1 saturated heterocycles. The summed E-state index contributed by atoms with van der Waals surface area (Å²) in [6, 6.07) is 2.51. The van der Waals surface area contributed by atoms with E-state index in [2.05, 4.69) is 5.32 Å². The van der Waals surface area contributed by atoms with Crippen LogP contribution < -0.4 is 5.32 Å². The van der Waals surface area contributed by atoms with Gasteiger partial charge in [-0.25, -0.2) is 17.2 Å². The summed E-state index contributed by atoms with van der Waals surface area (Å²) in [5, 5.41) is 3.09. The van der Waals surface area contributed by atoms with Crippen LogP contribution in [0.25, 0.3) is 0 Å². The van der Waals surface area contributed by atoms with Crippen molar-refractivity contribution >= 4 is 10.0 Å². The molecule has 7 heteroatoms. The second kappa shape index (κ2) is 4.81. The van der Waals surface area contributed by atoms with Gasteiger partial charge in [-0.1, -0.05) is 0 Å². The minimum atomic E-state index is -3.97. The van der Waals surface area contributed by atoms with Gasteiger partial charge >= 0.3 is 0 Å². The van der Waals surface area contributed by atoms with Crippen molar-refractivity contribution in [2.75, 3.05) is 19.6 Å². The van der Waals surface area contributed by atoms with Crippen molar-refractivity contribution in [3.05, 3.63) is 29.8 Å². The molecule has 4 nitrogen and oxygen atoms in total. The molecule has 0 amide bonds. The smallest absolute Gasteiger partial charge is 0.246 e. The number of nitrogens with zero attached hydrogens (tertiary/aromatic N) is 1. The van der Waals surface area contributed by atoms with Crippen LogP contribution in [0.5, 0.6) is 0 Å². The first-order valence-corrected chi connectivity index (χ1v) is 7.38. The fourth-order valence-corrected chi connectivity index (χ4v) is 4.04. The molecule has 0 spiro atoms. The molecule has 1 N–H and O–H groups in total. The maximum Gasteiger partial charge on any atom is 0.246 e. The molecule has 106 valence electrons. The van der Waals surface area contributed by atoms with Gasteiger partial charge in [0.25, 0.3) is 0 Å². The molecule has 1 fully saturated rings. The number of halogens is 2. The lowest BCUT2D eigenvalue weighted by Crippen LogP contribution is -2.59. The predicted octanol–water partition coefficient (Wildman–Crippen LogP) is 1.34. The fourth-order valence-electron chi connectivity index (χ4n) is 2.21. The standard InChI is InChI=1S/C12H16F2N2O2S/c1-12(2)8-15-5-6-16(12)19(17,18)11-4-3-9(13)7-10(11)14/h3-4,7,15H,5-6,8H2,1-2H3. The van der Waals surface area contributed by atoms with Crippen molar-refractivity contribution in [3.63, 3.8) is 0 Å². The van der Waals surface area contributed by atoms with Crippen LogP contribution in [0.15, 0.2) is 23.1 Å². The molecule has 0 bridgehead atoms. The Labute approximate surface area is 111 Å². The molecule has 0 radical (unpaired) electrons. The normalized spacial score (nSPS) is 20.4. The number of hydrogen-bond donors (Lipinski definition) is 1. The highest BCUT2D eigenvalue weighted by Crippen LogP contribution is 2.27. The minimum Gasteiger partial charge on any atom is -0.314 e. The second-order valence-electron chi connectivity index (χ2n) is 5.14. The summed E-state index contributed by atoms with van der Waals surface area (Å²) < 4.78 is 52.8. The Morgan fingerprint density at radius 3 is 2.58 bits per heavy atom. The highest BCUT2D eigenvalue weighted by atomic mass is 32.2. The van der Waals surface area contributed by atoms with E-state index >= 15 is 0 Å². The van der Waals surface area contributed by atoms with E-state index in [1.807, 2.05) is 0 Å². The Kier molecular flexibility index (Phi) is 3.63. The van der Waals surface area contributed by atoms with E-state index in [4.69, 9.17) is 0 Å². The highest BCUT2D eigenvalue weighted by Gasteiger charge is 2.40. The maximum absolute atomic E-state index is 13.7.